The number of halogens is 2. The van der Waals surface area contributed by atoms with E-state index in [1.807, 2.05) is 0 Å². The lowest BCUT2D eigenvalue weighted by Gasteiger charge is -2.20. The third-order valence-electron chi connectivity index (χ3n) is 5.23. The molecule has 0 bridgehead atoms. The first-order chi connectivity index (χ1) is 14.6. The Morgan fingerprint density at radius 3 is 2.48 bits per heavy atom. The van der Waals surface area contributed by atoms with Crippen LogP contribution in [0.1, 0.15) is 47.1 Å². The summed E-state index contributed by atoms with van der Waals surface area (Å²) in [5.74, 6) is -1.36. The second kappa shape index (κ2) is 7.57. The molecule has 4 rings (SSSR count). The van der Waals surface area contributed by atoms with Gasteiger partial charge in [0.05, 0.1) is 18.5 Å². The van der Waals surface area contributed by atoms with Crippen molar-refractivity contribution >= 4 is 17.5 Å². The molecule has 0 spiro atoms. The van der Waals surface area contributed by atoms with Gasteiger partial charge in [0.15, 0.2) is 0 Å². The number of benzene rings is 2. The van der Waals surface area contributed by atoms with Crippen molar-refractivity contribution in [1.82, 2.24) is 15.5 Å². The molecule has 2 aromatic carbocycles. The lowest BCUT2D eigenvalue weighted by atomic mass is 9.86. The highest BCUT2D eigenvalue weighted by atomic mass is 19.1. The van der Waals surface area contributed by atoms with Gasteiger partial charge in [0.2, 0.25) is 17.7 Å². The highest BCUT2D eigenvalue weighted by Crippen LogP contribution is 2.42. The van der Waals surface area contributed by atoms with E-state index in [9.17, 15) is 18.4 Å². The van der Waals surface area contributed by atoms with E-state index in [0.29, 0.717) is 22.7 Å². The smallest absolute Gasteiger partial charge is 0.251 e. The first-order valence-corrected chi connectivity index (χ1v) is 9.64. The molecule has 0 fully saturated rings. The minimum absolute atomic E-state index is 0.0176. The molecule has 0 atom stereocenters. The summed E-state index contributed by atoms with van der Waals surface area (Å²) in [5.41, 5.74) is 1.07. The van der Waals surface area contributed by atoms with Crippen LogP contribution in [0, 0.1) is 18.6 Å². The Labute approximate surface area is 177 Å². The van der Waals surface area contributed by atoms with Crippen molar-refractivity contribution in [2.24, 2.45) is 0 Å². The van der Waals surface area contributed by atoms with Crippen LogP contribution in [0.4, 0.5) is 14.5 Å². The minimum atomic E-state index is -0.836. The van der Waals surface area contributed by atoms with Crippen LogP contribution in [0.25, 0.3) is 0 Å². The fraction of sp³-hybridized carbons (Fsp3) is 0.273. The van der Waals surface area contributed by atoms with Gasteiger partial charge in [-0.3, -0.25) is 9.59 Å². The second-order valence-electron chi connectivity index (χ2n) is 7.92. The summed E-state index contributed by atoms with van der Waals surface area (Å²) in [6.45, 7) is 5.25. The van der Waals surface area contributed by atoms with E-state index in [-0.39, 0.29) is 30.8 Å². The van der Waals surface area contributed by atoms with E-state index in [2.05, 4.69) is 15.5 Å². The molecule has 31 heavy (non-hydrogen) atoms. The molecular formula is C22H20F2N4O3. The zero-order valence-corrected chi connectivity index (χ0v) is 17.2. The van der Waals surface area contributed by atoms with Crippen molar-refractivity contribution in [3.05, 3.63) is 76.5 Å². The Bertz CT molecular complexity index is 1170. The molecular weight excluding hydrogens is 406 g/mol. The van der Waals surface area contributed by atoms with E-state index in [4.69, 9.17) is 4.42 Å². The number of amides is 2. The minimum Gasteiger partial charge on any atom is -0.424 e. The second-order valence-corrected chi connectivity index (χ2v) is 7.92. The van der Waals surface area contributed by atoms with Gasteiger partial charge in [0, 0.05) is 24.2 Å². The average molecular weight is 426 g/mol. The number of fused-ring (bicyclic) bond motifs is 1. The predicted molar refractivity (Wildman–Crippen MR) is 107 cm³/mol. The summed E-state index contributed by atoms with van der Waals surface area (Å²) in [7, 11) is 0. The van der Waals surface area contributed by atoms with Crippen molar-refractivity contribution in [2.45, 2.75) is 39.3 Å². The maximum Gasteiger partial charge on any atom is 0.251 e. The zero-order chi connectivity index (χ0) is 22.3. The van der Waals surface area contributed by atoms with Crippen LogP contribution in [0.5, 0.6) is 0 Å². The molecule has 1 N–H and O–H groups in total. The monoisotopic (exact) mass is 426 g/mol. The molecule has 7 nitrogen and oxygen atoms in total. The van der Waals surface area contributed by atoms with Crippen molar-refractivity contribution < 1.29 is 22.8 Å². The third kappa shape index (κ3) is 3.90. The first-order valence-electron chi connectivity index (χ1n) is 9.64. The number of nitrogens with one attached hydrogen (secondary N) is 1. The Kier molecular flexibility index (Phi) is 5.04. The van der Waals surface area contributed by atoms with Crippen molar-refractivity contribution in [1.29, 1.82) is 0 Å². The lowest BCUT2D eigenvalue weighted by molar-refractivity contribution is -0.122. The van der Waals surface area contributed by atoms with Crippen molar-refractivity contribution in [2.75, 3.05) is 4.90 Å². The summed E-state index contributed by atoms with van der Waals surface area (Å²) in [5, 5.41) is 10.2. The number of hydrogen-bond donors (Lipinski definition) is 1. The number of carbonyl (C=O) groups excluding carboxylic acids is 2. The van der Waals surface area contributed by atoms with Gasteiger partial charge in [-0.05, 0) is 49.2 Å². The van der Waals surface area contributed by atoms with E-state index in [1.54, 1.807) is 39.0 Å². The van der Waals surface area contributed by atoms with Crippen LogP contribution in [0.3, 0.4) is 0 Å². The van der Waals surface area contributed by atoms with Crippen molar-refractivity contribution in [3.63, 3.8) is 0 Å². The van der Waals surface area contributed by atoms with Crippen LogP contribution < -0.4 is 10.2 Å². The largest absolute Gasteiger partial charge is 0.424 e. The Morgan fingerprint density at radius 1 is 1.13 bits per heavy atom. The standard InChI is InChI=1S/C22H20F2N4O3/c1-12-26-27-19(31-12)10-25-20(29)14-4-5-17-18(8-14)28(21(30)22(17,2)3)11-13-6-15(23)9-16(24)7-13/h4-9H,10-11H2,1-3H3,(H,25,29). The number of aromatic nitrogens is 2. The molecule has 0 saturated heterocycles. The number of nitrogens with zero attached hydrogens (tertiary/aromatic N) is 3. The first kappa shape index (κ1) is 20.6. The predicted octanol–water partition coefficient (Wildman–Crippen LogP) is 3.41. The number of rotatable bonds is 5. The summed E-state index contributed by atoms with van der Waals surface area (Å²) >= 11 is 0. The van der Waals surface area contributed by atoms with Gasteiger partial charge in [-0.1, -0.05) is 6.07 Å². The van der Waals surface area contributed by atoms with E-state index in [1.165, 1.54) is 17.0 Å². The molecule has 2 amide bonds. The number of carbonyl (C=O) groups is 2. The van der Waals surface area contributed by atoms with Crippen molar-refractivity contribution in [3.8, 4) is 0 Å². The van der Waals surface area contributed by atoms with E-state index >= 15 is 0 Å². The van der Waals surface area contributed by atoms with Gasteiger partial charge in [-0.25, -0.2) is 8.78 Å². The molecule has 3 aromatic rings. The Morgan fingerprint density at radius 2 is 1.84 bits per heavy atom. The van der Waals surface area contributed by atoms with E-state index in [0.717, 1.165) is 11.6 Å². The van der Waals surface area contributed by atoms with Crippen LogP contribution >= 0.6 is 0 Å². The average Bonchev–Trinajstić information content (AvgIpc) is 3.20. The summed E-state index contributed by atoms with van der Waals surface area (Å²) in [4.78, 5) is 27.1. The van der Waals surface area contributed by atoms with Crippen LogP contribution in [-0.2, 0) is 23.3 Å². The number of aryl methyl sites for hydroxylation is 1. The maximum absolute atomic E-state index is 13.6. The summed E-state index contributed by atoms with van der Waals surface area (Å²) < 4.78 is 32.5. The van der Waals surface area contributed by atoms with Gasteiger partial charge >= 0.3 is 0 Å². The number of anilines is 1. The van der Waals surface area contributed by atoms with Gasteiger partial charge in [0.1, 0.15) is 11.6 Å². The molecule has 0 radical (unpaired) electrons. The SMILES string of the molecule is Cc1nnc(CNC(=O)c2ccc3c(c2)N(Cc2cc(F)cc(F)c2)C(=O)C3(C)C)o1. The fourth-order valence-electron chi connectivity index (χ4n) is 3.70. The van der Waals surface area contributed by atoms with Gasteiger partial charge in [0.25, 0.3) is 5.91 Å². The molecule has 1 aromatic heterocycles. The molecule has 160 valence electrons. The Balaban J connectivity index is 1.62. The van der Waals surface area contributed by atoms with Crippen LogP contribution in [-0.4, -0.2) is 22.0 Å². The third-order valence-corrected chi connectivity index (χ3v) is 5.23. The molecule has 9 heteroatoms. The highest BCUT2D eigenvalue weighted by molar-refractivity contribution is 6.08. The normalized spacial score (nSPS) is 14.6. The molecule has 0 saturated carbocycles. The number of hydrogen-bond acceptors (Lipinski definition) is 5. The molecule has 1 aliphatic heterocycles. The molecule has 2 heterocycles. The van der Waals surface area contributed by atoms with Crippen LogP contribution in [0.15, 0.2) is 40.8 Å². The molecule has 1 aliphatic rings. The zero-order valence-electron chi connectivity index (χ0n) is 17.2. The highest BCUT2D eigenvalue weighted by Gasteiger charge is 2.44. The lowest BCUT2D eigenvalue weighted by Crippen LogP contribution is -2.35. The topological polar surface area (TPSA) is 88.3 Å². The van der Waals surface area contributed by atoms with Gasteiger partial charge in [-0.15, -0.1) is 10.2 Å². The molecule has 0 unspecified atom stereocenters. The van der Waals surface area contributed by atoms with Gasteiger partial charge in [-0.2, -0.15) is 0 Å². The maximum atomic E-state index is 13.6. The molecule has 0 aliphatic carbocycles. The van der Waals surface area contributed by atoms with E-state index < -0.39 is 17.0 Å². The quantitative estimate of drug-likeness (QED) is 0.676. The fourth-order valence-corrected chi connectivity index (χ4v) is 3.70. The van der Waals surface area contributed by atoms with Gasteiger partial charge < -0.3 is 14.6 Å². The summed E-state index contributed by atoms with van der Waals surface area (Å²) in [6, 6.07) is 8.11. The Hall–Kier alpha value is -3.62. The van der Waals surface area contributed by atoms with Crippen LogP contribution in [0.2, 0.25) is 0 Å². The summed E-state index contributed by atoms with van der Waals surface area (Å²) in [6.07, 6.45) is 0.